The number of nitrogens with one attached hydrogen (secondary N) is 1. The Morgan fingerprint density at radius 2 is 1.80 bits per heavy atom. The molecule has 0 spiro atoms. The highest BCUT2D eigenvalue weighted by Gasteiger charge is 2.50. The first-order valence-corrected chi connectivity index (χ1v) is 17.7. The summed E-state index contributed by atoms with van der Waals surface area (Å²) in [7, 11) is 1.82. The van der Waals surface area contributed by atoms with Gasteiger partial charge in [0.25, 0.3) is 0 Å². The van der Waals surface area contributed by atoms with Crippen LogP contribution >= 0.6 is 0 Å². The molecule has 0 amide bonds. The van der Waals surface area contributed by atoms with Crippen molar-refractivity contribution in [3.63, 3.8) is 0 Å². The Labute approximate surface area is 284 Å². The highest BCUT2D eigenvalue weighted by atomic mass is 19.1. The number of rotatable bonds is 8. The van der Waals surface area contributed by atoms with Gasteiger partial charge in [-0.2, -0.15) is 9.97 Å². The molecule has 5 fully saturated rings. The molecular formula is C39H41F2N5O3. The smallest absolute Gasteiger partial charge is 0.319 e. The minimum atomic E-state index is -0.834. The van der Waals surface area contributed by atoms with E-state index in [1.54, 1.807) is 24.3 Å². The van der Waals surface area contributed by atoms with Crippen LogP contribution in [0.4, 0.5) is 14.6 Å². The summed E-state index contributed by atoms with van der Waals surface area (Å²) < 4.78 is 45.5. The van der Waals surface area contributed by atoms with Crippen LogP contribution in [0.3, 0.4) is 0 Å². The lowest BCUT2D eigenvalue weighted by Crippen LogP contribution is -2.51. The van der Waals surface area contributed by atoms with E-state index in [1.807, 2.05) is 7.11 Å². The number of aromatic hydroxyl groups is 1. The Morgan fingerprint density at radius 3 is 2.49 bits per heavy atom. The summed E-state index contributed by atoms with van der Waals surface area (Å²) in [6.07, 6.45) is 14.9. The van der Waals surface area contributed by atoms with E-state index in [0.29, 0.717) is 65.4 Å². The summed E-state index contributed by atoms with van der Waals surface area (Å²) in [4.78, 5) is 14.3. The van der Waals surface area contributed by atoms with Crippen LogP contribution in [0.2, 0.25) is 0 Å². The number of fused-ring (bicyclic) bond motifs is 6. The van der Waals surface area contributed by atoms with Crippen molar-refractivity contribution in [2.24, 2.45) is 5.41 Å². The molecule has 4 saturated heterocycles. The number of terminal acetylenes is 1. The average molecular weight is 666 g/mol. The maximum atomic E-state index is 17.0. The van der Waals surface area contributed by atoms with Crippen molar-refractivity contribution in [1.82, 2.24) is 20.2 Å². The number of methoxy groups -OCH3 is 1. The van der Waals surface area contributed by atoms with Gasteiger partial charge in [0.05, 0.1) is 18.3 Å². The van der Waals surface area contributed by atoms with Gasteiger partial charge in [-0.3, -0.25) is 4.90 Å². The first kappa shape index (κ1) is 31.0. The molecule has 5 aliphatic rings. The number of hydrogen-bond acceptors (Lipinski definition) is 8. The van der Waals surface area contributed by atoms with Crippen molar-refractivity contribution in [1.29, 1.82) is 0 Å². The summed E-state index contributed by atoms with van der Waals surface area (Å²) in [5.74, 6) is 1.40. The van der Waals surface area contributed by atoms with E-state index in [4.69, 9.17) is 20.9 Å². The Morgan fingerprint density at radius 1 is 1.04 bits per heavy atom. The lowest BCUT2D eigenvalue weighted by molar-refractivity contribution is -0.00554. The number of ether oxygens (including phenoxy) is 2. The maximum Gasteiger partial charge on any atom is 0.319 e. The summed E-state index contributed by atoms with van der Waals surface area (Å²) >= 11 is 0. The molecule has 1 aliphatic carbocycles. The number of halogens is 2. The van der Waals surface area contributed by atoms with Crippen LogP contribution in [-0.2, 0) is 4.74 Å². The van der Waals surface area contributed by atoms with Gasteiger partial charge in [-0.25, -0.2) is 8.78 Å². The van der Waals surface area contributed by atoms with Gasteiger partial charge in [0.2, 0.25) is 0 Å². The SMILES string of the molecule is C#Cc1cccc2cc(O)cc(-c3c(F)cc4c(N5CC6CCC(C5)N6)nc(OCC5(CN6C7CCC6CC(OC)C7)CC5)nc4c3F)c12. The second-order valence-corrected chi connectivity index (χ2v) is 15.0. The highest BCUT2D eigenvalue weighted by Crippen LogP contribution is 2.50. The van der Waals surface area contributed by atoms with Gasteiger partial charge in [0.15, 0.2) is 5.82 Å². The molecule has 1 saturated carbocycles. The monoisotopic (exact) mass is 665 g/mol. The predicted octanol–water partition coefficient (Wildman–Crippen LogP) is 6.16. The lowest BCUT2D eigenvalue weighted by Gasteiger charge is -2.40. The van der Waals surface area contributed by atoms with E-state index in [0.717, 1.165) is 45.1 Å². The van der Waals surface area contributed by atoms with Crippen molar-refractivity contribution < 1.29 is 23.4 Å². The number of benzene rings is 3. The molecule has 4 bridgehead atoms. The molecule has 1 aromatic heterocycles. The second kappa shape index (κ2) is 11.8. The molecule has 9 rings (SSSR count). The zero-order valence-electron chi connectivity index (χ0n) is 27.7. The minimum absolute atomic E-state index is 0.00594. The van der Waals surface area contributed by atoms with Gasteiger partial charge < -0.3 is 24.8 Å². The van der Waals surface area contributed by atoms with Crippen LogP contribution in [0.5, 0.6) is 11.8 Å². The van der Waals surface area contributed by atoms with Gasteiger partial charge >= 0.3 is 6.01 Å². The molecule has 3 aromatic carbocycles. The van der Waals surface area contributed by atoms with Gasteiger partial charge in [0, 0.05) is 78.2 Å². The number of aromatic nitrogens is 2. The van der Waals surface area contributed by atoms with Crippen LogP contribution < -0.4 is 15.0 Å². The molecule has 4 atom stereocenters. The molecule has 8 nitrogen and oxygen atoms in total. The molecule has 10 heteroatoms. The Bertz CT molecular complexity index is 1990. The standard InChI is InChI=1S/C39H41F2N5O3/c1-3-22-5-4-6-23-13-28(47)16-30(33(22)23)34-32(40)17-31-36(35(34)41)43-38(44-37(31)45-18-24-7-8-25(19-45)42-24)49-21-39(11-12-39)20-46-26-9-10-27(46)15-29(14-26)48-2/h1,4-6,13,16-17,24-27,29,42,47H,7-12,14-15,18-21H2,2H3. The molecule has 49 heavy (non-hydrogen) atoms. The van der Waals surface area contributed by atoms with Gasteiger partial charge in [-0.1, -0.05) is 18.1 Å². The third-order valence-corrected chi connectivity index (χ3v) is 11.9. The number of piperidine rings is 1. The van der Waals surface area contributed by atoms with E-state index in [-0.39, 0.29) is 45.9 Å². The highest BCUT2D eigenvalue weighted by molar-refractivity contribution is 6.04. The first-order chi connectivity index (χ1) is 23.8. The number of hydrogen-bond donors (Lipinski definition) is 2. The van der Waals surface area contributed by atoms with E-state index < -0.39 is 11.6 Å². The Balaban J connectivity index is 1.11. The van der Waals surface area contributed by atoms with E-state index in [1.165, 1.54) is 25.0 Å². The lowest BCUT2D eigenvalue weighted by atomic mass is 9.93. The van der Waals surface area contributed by atoms with Crippen LogP contribution in [0.1, 0.15) is 56.9 Å². The van der Waals surface area contributed by atoms with Crippen molar-refractivity contribution in [3.8, 4) is 35.2 Å². The molecule has 254 valence electrons. The summed E-state index contributed by atoms with van der Waals surface area (Å²) in [5, 5.41) is 15.6. The van der Waals surface area contributed by atoms with E-state index in [2.05, 4.69) is 26.0 Å². The molecule has 4 aromatic rings. The fourth-order valence-electron chi connectivity index (χ4n) is 9.22. The molecule has 5 heterocycles. The average Bonchev–Trinajstić information content (AvgIpc) is 3.74. The molecule has 4 unspecified atom stereocenters. The third kappa shape index (κ3) is 5.38. The quantitative estimate of drug-likeness (QED) is 0.217. The number of nitrogens with zero attached hydrogens (tertiary/aromatic N) is 4. The van der Waals surface area contributed by atoms with Gasteiger partial charge in [0.1, 0.15) is 22.9 Å². The first-order valence-electron chi connectivity index (χ1n) is 17.7. The van der Waals surface area contributed by atoms with Crippen LogP contribution in [0, 0.1) is 29.4 Å². The van der Waals surface area contributed by atoms with Crippen molar-refractivity contribution >= 4 is 27.5 Å². The second-order valence-electron chi connectivity index (χ2n) is 15.0. The largest absolute Gasteiger partial charge is 0.508 e. The van der Waals surface area contributed by atoms with Crippen molar-refractivity contribution in [3.05, 3.63) is 53.6 Å². The maximum absolute atomic E-state index is 17.0. The molecule has 2 N–H and O–H groups in total. The molecule has 0 radical (unpaired) electrons. The van der Waals surface area contributed by atoms with Crippen LogP contribution in [0.15, 0.2) is 36.4 Å². The Hall–Kier alpha value is -4.04. The van der Waals surface area contributed by atoms with E-state index >= 15 is 8.78 Å². The predicted molar refractivity (Wildman–Crippen MR) is 185 cm³/mol. The minimum Gasteiger partial charge on any atom is -0.508 e. The number of anilines is 1. The summed E-state index contributed by atoms with van der Waals surface area (Å²) in [6, 6.07) is 11.2. The normalized spacial score (nSPS) is 27.1. The van der Waals surface area contributed by atoms with Gasteiger partial charge in [-0.15, -0.1) is 6.42 Å². The fraction of sp³-hybridized carbons (Fsp3) is 0.487. The zero-order valence-corrected chi connectivity index (χ0v) is 27.7. The molecule has 4 aliphatic heterocycles. The van der Waals surface area contributed by atoms with Crippen molar-refractivity contribution in [2.75, 3.05) is 38.3 Å². The topological polar surface area (TPSA) is 83.0 Å². The third-order valence-electron chi connectivity index (χ3n) is 11.9. The van der Waals surface area contributed by atoms with Gasteiger partial charge in [-0.05, 0) is 81.0 Å². The van der Waals surface area contributed by atoms with Crippen molar-refractivity contribution in [2.45, 2.75) is 81.6 Å². The Kier molecular flexibility index (Phi) is 7.45. The zero-order chi connectivity index (χ0) is 33.4. The number of phenols is 1. The van der Waals surface area contributed by atoms with Crippen LogP contribution in [0.25, 0.3) is 32.8 Å². The summed E-state index contributed by atoms with van der Waals surface area (Å²) in [5.41, 5.74) is 0.352. The van der Waals surface area contributed by atoms with Crippen LogP contribution in [-0.4, -0.2) is 83.6 Å². The number of phenolic OH excluding ortho intramolecular Hbond substituents is 1. The van der Waals surface area contributed by atoms with E-state index in [9.17, 15) is 5.11 Å². The summed E-state index contributed by atoms with van der Waals surface area (Å²) in [6.45, 7) is 2.76. The number of piperazine rings is 1. The molecular weight excluding hydrogens is 624 g/mol. The fourth-order valence-corrected chi connectivity index (χ4v) is 9.22.